The molecular weight excluding hydrogens is 222 g/mol. The summed E-state index contributed by atoms with van der Waals surface area (Å²) < 4.78 is 6.74. The molecule has 0 unspecified atom stereocenters. The molecule has 0 fully saturated rings. The second-order valence-corrected chi connectivity index (χ2v) is 3.70. The number of carboxylic acid groups (broad SMARTS) is 1. The summed E-state index contributed by atoms with van der Waals surface area (Å²) in [5.41, 5.74) is -0.374. The van der Waals surface area contributed by atoms with Gasteiger partial charge in [0.25, 0.3) is 5.56 Å². The maximum Gasteiger partial charge on any atom is 0.335 e. The number of aromatic nitrogens is 1. The van der Waals surface area contributed by atoms with Crippen molar-refractivity contribution >= 4 is 5.97 Å². The van der Waals surface area contributed by atoms with Crippen LogP contribution in [0.15, 0.2) is 39.7 Å². The van der Waals surface area contributed by atoms with Gasteiger partial charge in [0.05, 0.1) is 12.1 Å². The van der Waals surface area contributed by atoms with Crippen LogP contribution >= 0.6 is 0 Å². The summed E-state index contributed by atoms with van der Waals surface area (Å²) in [6, 6.07) is 6.08. The van der Waals surface area contributed by atoms with E-state index in [1.54, 1.807) is 6.07 Å². The molecule has 0 aliphatic heterocycles. The van der Waals surface area contributed by atoms with E-state index in [1.807, 2.05) is 13.0 Å². The first-order valence-electron chi connectivity index (χ1n) is 5.05. The quantitative estimate of drug-likeness (QED) is 0.871. The van der Waals surface area contributed by atoms with Crippen molar-refractivity contribution in [1.29, 1.82) is 0 Å². The Bertz CT molecular complexity index is 609. The van der Waals surface area contributed by atoms with Gasteiger partial charge in [-0.25, -0.2) is 4.79 Å². The molecule has 0 amide bonds. The van der Waals surface area contributed by atoms with E-state index in [2.05, 4.69) is 0 Å². The number of aromatic carboxylic acids is 1. The smallest absolute Gasteiger partial charge is 0.335 e. The number of hydrogen-bond acceptors (Lipinski definition) is 3. The zero-order valence-electron chi connectivity index (χ0n) is 9.21. The topological polar surface area (TPSA) is 72.4 Å². The normalized spacial score (nSPS) is 10.4. The fraction of sp³-hybridized carbons (Fsp3) is 0.167. The fourth-order valence-electron chi connectivity index (χ4n) is 1.51. The molecule has 0 saturated heterocycles. The van der Waals surface area contributed by atoms with Crippen molar-refractivity contribution in [3.8, 4) is 0 Å². The first-order valence-corrected chi connectivity index (χ1v) is 5.05. The van der Waals surface area contributed by atoms with Crippen molar-refractivity contribution in [2.45, 2.75) is 13.5 Å². The molecule has 17 heavy (non-hydrogen) atoms. The van der Waals surface area contributed by atoms with E-state index in [0.29, 0.717) is 12.3 Å². The summed E-state index contributed by atoms with van der Waals surface area (Å²) in [7, 11) is 0. The Morgan fingerprint density at radius 3 is 2.71 bits per heavy atom. The van der Waals surface area contributed by atoms with Crippen LogP contribution in [0.3, 0.4) is 0 Å². The number of rotatable bonds is 3. The standard InChI is InChI=1S/C12H11NO4/c1-8-2-3-10(17-8)7-13-5-4-9(12(15)16)6-11(13)14/h2-6H,7H2,1H3,(H,15,16). The summed E-state index contributed by atoms with van der Waals surface area (Å²) in [5, 5.41) is 8.73. The highest BCUT2D eigenvalue weighted by molar-refractivity contribution is 5.87. The van der Waals surface area contributed by atoms with Gasteiger partial charge in [-0.3, -0.25) is 4.79 Å². The Kier molecular flexibility index (Phi) is 2.82. The van der Waals surface area contributed by atoms with Gasteiger partial charge in [-0.05, 0) is 25.1 Å². The molecule has 0 radical (unpaired) electrons. The van der Waals surface area contributed by atoms with E-state index in [9.17, 15) is 9.59 Å². The molecule has 2 heterocycles. The van der Waals surface area contributed by atoms with Gasteiger partial charge < -0.3 is 14.1 Å². The molecule has 2 aromatic heterocycles. The molecule has 2 rings (SSSR count). The number of aryl methyl sites for hydroxylation is 1. The zero-order valence-corrected chi connectivity index (χ0v) is 9.21. The second-order valence-electron chi connectivity index (χ2n) is 3.70. The minimum atomic E-state index is -1.11. The van der Waals surface area contributed by atoms with Gasteiger partial charge in [-0.2, -0.15) is 0 Å². The Morgan fingerprint density at radius 2 is 2.18 bits per heavy atom. The van der Waals surface area contributed by atoms with E-state index in [4.69, 9.17) is 9.52 Å². The van der Waals surface area contributed by atoms with Crippen LogP contribution in [-0.4, -0.2) is 15.6 Å². The Labute approximate surface area is 96.9 Å². The van der Waals surface area contributed by atoms with Gasteiger partial charge >= 0.3 is 5.97 Å². The number of hydrogen-bond donors (Lipinski definition) is 1. The minimum absolute atomic E-state index is 0.0122. The third-order valence-corrected chi connectivity index (χ3v) is 2.37. The minimum Gasteiger partial charge on any atom is -0.478 e. The molecule has 0 aromatic carbocycles. The van der Waals surface area contributed by atoms with Crippen molar-refractivity contribution in [3.05, 3.63) is 57.9 Å². The average molecular weight is 233 g/mol. The first kappa shape index (κ1) is 11.2. The summed E-state index contributed by atoms with van der Waals surface area (Å²) in [4.78, 5) is 22.3. The van der Waals surface area contributed by atoms with Crippen molar-refractivity contribution in [1.82, 2.24) is 4.57 Å². The highest BCUT2D eigenvalue weighted by atomic mass is 16.4. The van der Waals surface area contributed by atoms with E-state index < -0.39 is 5.97 Å². The van der Waals surface area contributed by atoms with Gasteiger partial charge in [0.1, 0.15) is 11.5 Å². The number of pyridine rings is 1. The first-order chi connectivity index (χ1) is 8.06. The van der Waals surface area contributed by atoms with Crippen molar-refractivity contribution in [2.75, 3.05) is 0 Å². The maximum absolute atomic E-state index is 11.6. The van der Waals surface area contributed by atoms with Crippen LogP contribution in [0.5, 0.6) is 0 Å². The molecule has 5 heteroatoms. The lowest BCUT2D eigenvalue weighted by Gasteiger charge is -2.03. The maximum atomic E-state index is 11.6. The Morgan fingerprint density at radius 1 is 1.41 bits per heavy atom. The molecule has 88 valence electrons. The molecule has 0 bridgehead atoms. The summed E-state index contributed by atoms with van der Waals surface area (Å²) >= 11 is 0. The predicted molar refractivity (Wildman–Crippen MR) is 60.2 cm³/mol. The van der Waals surface area contributed by atoms with Crippen molar-refractivity contribution in [3.63, 3.8) is 0 Å². The van der Waals surface area contributed by atoms with E-state index in [0.717, 1.165) is 11.8 Å². The molecular formula is C12H11NO4. The fourth-order valence-corrected chi connectivity index (χ4v) is 1.51. The molecule has 0 saturated carbocycles. The molecule has 0 aliphatic rings. The van der Waals surface area contributed by atoms with Crippen LogP contribution in [0.1, 0.15) is 21.9 Å². The van der Waals surface area contributed by atoms with Gasteiger partial charge in [-0.1, -0.05) is 0 Å². The van der Waals surface area contributed by atoms with Crippen molar-refractivity contribution in [2.24, 2.45) is 0 Å². The lowest BCUT2D eigenvalue weighted by molar-refractivity contribution is 0.0696. The third-order valence-electron chi connectivity index (χ3n) is 2.37. The van der Waals surface area contributed by atoms with E-state index >= 15 is 0 Å². The van der Waals surface area contributed by atoms with E-state index in [1.165, 1.54) is 16.8 Å². The lowest BCUT2D eigenvalue weighted by atomic mass is 10.2. The van der Waals surface area contributed by atoms with Gasteiger partial charge in [0.15, 0.2) is 0 Å². The molecule has 2 aromatic rings. The molecule has 1 N–H and O–H groups in total. The van der Waals surface area contributed by atoms with E-state index in [-0.39, 0.29) is 11.1 Å². The Balaban J connectivity index is 2.28. The van der Waals surface area contributed by atoms with Crippen LogP contribution in [0.4, 0.5) is 0 Å². The van der Waals surface area contributed by atoms with Crippen LogP contribution in [0.25, 0.3) is 0 Å². The number of carbonyl (C=O) groups is 1. The van der Waals surface area contributed by atoms with Crippen LogP contribution in [-0.2, 0) is 6.54 Å². The van der Waals surface area contributed by atoms with Crippen LogP contribution in [0.2, 0.25) is 0 Å². The van der Waals surface area contributed by atoms with Gasteiger partial charge in [-0.15, -0.1) is 0 Å². The summed E-state index contributed by atoms with van der Waals surface area (Å²) in [6.45, 7) is 2.12. The number of carboxylic acids is 1. The van der Waals surface area contributed by atoms with Crippen LogP contribution < -0.4 is 5.56 Å². The zero-order chi connectivity index (χ0) is 12.4. The Hall–Kier alpha value is -2.30. The molecule has 5 nitrogen and oxygen atoms in total. The van der Waals surface area contributed by atoms with Crippen LogP contribution in [0, 0.1) is 6.92 Å². The molecule has 0 spiro atoms. The highest BCUT2D eigenvalue weighted by Gasteiger charge is 2.06. The lowest BCUT2D eigenvalue weighted by Crippen LogP contribution is -2.20. The second kappa shape index (κ2) is 4.29. The number of furan rings is 1. The van der Waals surface area contributed by atoms with Crippen molar-refractivity contribution < 1.29 is 14.3 Å². The third kappa shape index (κ3) is 2.44. The number of nitrogens with zero attached hydrogens (tertiary/aromatic N) is 1. The molecule has 0 aliphatic carbocycles. The predicted octanol–water partition coefficient (Wildman–Crippen LogP) is 1.50. The largest absolute Gasteiger partial charge is 0.478 e. The monoisotopic (exact) mass is 233 g/mol. The molecule has 0 atom stereocenters. The van der Waals surface area contributed by atoms with Gasteiger partial charge in [0, 0.05) is 12.3 Å². The highest BCUT2D eigenvalue weighted by Crippen LogP contribution is 2.07. The summed E-state index contributed by atoms with van der Waals surface area (Å²) in [5.74, 6) is 0.325. The SMILES string of the molecule is Cc1ccc(Cn2ccc(C(=O)O)cc2=O)o1. The summed E-state index contributed by atoms with van der Waals surface area (Å²) in [6.07, 6.45) is 1.45. The average Bonchev–Trinajstić information content (AvgIpc) is 2.67. The van der Waals surface area contributed by atoms with Gasteiger partial charge in [0.2, 0.25) is 0 Å².